The second kappa shape index (κ2) is 5.37. The van der Waals surface area contributed by atoms with Gasteiger partial charge in [0, 0.05) is 12.1 Å². The summed E-state index contributed by atoms with van der Waals surface area (Å²) in [6.45, 7) is 0. The van der Waals surface area contributed by atoms with Crippen molar-refractivity contribution < 1.29 is 31.5 Å². The second-order valence-electron chi connectivity index (χ2n) is 3.78. The van der Waals surface area contributed by atoms with Crippen molar-refractivity contribution in [3.05, 3.63) is 45.9 Å². The normalized spacial score (nSPS) is 11.4. The molecule has 0 aliphatic rings. The van der Waals surface area contributed by atoms with Crippen LogP contribution in [-0.4, -0.2) is 19.5 Å². The predicted octanol–water partition coefficient (Wildman–Crippen LogP) is 2.66. The summed E-state index contributed by atoms with van der Waals surface area (Å²) in [6, 6.07) is 1.93. The van der Waals surface area contributed by atoms with Gasteiger partial charge in [0.25, 0.3) is 10.0 Å². The highest BCUT2D eigenvalue weighted by molar-refractivity contribution is 7.93. The molecule has 2 rings (SSSR count). The Bertz CT molecular complexity index is 794. The molecule has 112 valence electrons. The van der Waals surface area contributed by atoms with Crippen LogP contribution in [0.3, 0.4) is 0 Å². The number of anilines is 1. The molecule has 0 aliphatic heterocycles. The molecule has 0 spiro atoms. The summed E-state index contributed by atoms with van der Waals surface area (Å²) in [6.07, 6.45) is 0. The van der Waals surface area contributed by atoms with Gasteiger partial charge < -0.3 is 5.11 Å². The Labute approximate surface area is 120 Å². The lowest BCUT2D eigenvalue weighted by atomic mass is 10.3. The Hall–Kier alpha value is -2.07. The third-order valence-electron chi connectivity index (χ3n) is 2.35. The average molecular weight is 337 g/mol. The molecule has 0 fully saturated rings. The maximum Gasteiger partial charge on any atom is 0.347 e. The number of thiophene rings is 1. The number of sulfonamides is 1. The first kappa shape index (κ1) is 15.3. The summed E-state index contributed by atoms with van der Waals surface area (Å²) in [4.78, 5) is 9.88. The van der Waals surface area contributed by atoms with Gasteiger partial charge >= 0.3 is 5.97 Å². The Balaban J connectivity index is 2.43. The van der Waals surface area contributed by atoms with Crippen molar-refractivity contribution in [1.29, 1.82) is 0 Å². The molecular weight excluding hydrogens is 331 g/mol. The molecule has 10 heteroatoms. The molecule has 2 aromatic rings. The summed E-state index contributed by atoms with van der Waals surface area (Å²) in [5, 5.41) is 10.1. The van der Waals surface area contributed by atoms with E-state index in [2.05, 4.69) is 0 Å². The molecule has 0 atom stereocenters. The summed E-state index contributed by atoms with van der Waals surface area (Å²) in [7, 11) is -4.37. The van der Waals surface area contributed by atoms with Crippen molar-refractivity contribution in [2.24, 2.45) is 0 Å². The molecule has 1 heterocycles. The minimum atomic E-state index is -4.37. The number of benzene rings is 1. The maximum absolute atomic E-state index is 13.0. The summed E-state index contributed by atoms with van der Waals surface area (Å²) in [5.74, 6) is -6.34. The van der Waals surface area contributed by atoms with E-state index >= 15 is 0 Å². The summed E-state index contributed by atoms with van der Waals surface area (Å²) in [5.41, 5.74) is -0.561. The molecule has 0 unspecified atom stereocenters. The van der Waals surface area contributed by atoms with E-state index in [-0.39, 0.29) is 0 Å². The third kappa shape index (κ3) is 3.00. The molecule has 21 heavy (non-hydrogen) atoms. The zero-order valence-electron chi connectivity index (χ0n) is 9.93. The van der Waals surface area contributed by atoms with Gasteiger partial charge in [-0.05, 0) is 11.4 Å². The number of aromatic carboxylic acids is 1. The summed E-state index contributed by atoms with van der Waals surface area (Å²) >= 11 is 0.677. The second-order valence-corrected chi connectivity index (χ2v) is 6.35. The van der Waals surface area contributed by atoms with Gasteiger partial charge in [-0.3, -0.25) is 4.72 Å². The highest BCUT2D eigenvalue weighted by atomic mass is 32.2. The van der Waals surface area contributed by atoms with Crippen molar-refractivity contribution in [3.63, 3.8) is 0 Å². The molecule has 2 N–H and O–H groups in total. The first-order chi connectivity index (χ1) is 9.72. The van der Waals surface area contributed by atoms with Crippen molar-refractivity contribution in [2.75, 3.05) is 4.72 Å². The fourth-order valence-electron chi connectivity index (χ4n) is 1.49. The Morgan fingerprint density at radius 1 is 1.19 bits per heavy atom. The van der Waals surface area contributed by atoms with E-state index in [0.29, 0.717) is 23.5 Å². The molecule has 0 saturated carbocycles. The van der Waals surface area contributed by atoms with Gasteiger partial charge in [-0.1, -0.05) is 0 Å². The SMILES string of the molecule is O=C(O)c1sccc1S(=O)(=O)Nc1cc(F)c(F)c(F)c1. The van der Waals surface area contributed by atoms with Gasteiger partial charge in [0.05, 0.1) is 5.69 Å². The predicted molar refractivity (Wildman–Crippen MR) is 68.4 cm³/mol. The number of nitrogens with one attached hydrogen (secondary N) is 1. The van der Waals surface area contributed by atoms with Crippen LogP contribution in [0.25, 0.3) is 0 Å². The highest BCUT2D eigenvalue weighted by Crippen LogP contribution is 2.25. The number of rotatable bonds is 4. The fourth-order valence-corrected chi connectivity index (χ4v) is 3.79. The van der Waals surface area contributed by atoms with Crippen LogP contribution in [0.5, 0.6) is 0 Å². The molecule has 1 aromatic heterocycles. The molecule has 0 radical (unpaired) electrons. The monoisotopic (exact) mass is 337 g/mol. The zero-order chi connectivity index (χ0) is 15.8. The van der Waals surface area contributed by atoms with Gasteiger partial charge in [-0.15, -0.1) is 11.3 Å². The van der Waals surface area contributed by atoms with Gasteiger partial charge in [0.2, 0.25) is 0 Å². The zero-order valence-corrected chi connectivity index (χ0v) is 11.6. The topological polar surface area (TPSA) is 83.5 Å². The Kier molecular flexibility index (Phi) is 3.92. The van der Waals surface area contributed by atoms with Gasteiger partial charge in [-0.2, -0.15) is 0 Å². The van der Waals surface area contributed by atoms with Crippen molar-refractivity contribution >= 4 is 33.0 Å². The van der Waals surface area contributed by atoms with E-state index in [4.69, 9.17) is 5.11 Å². The number of hydrogen-bond acceptors (Lipinski definition) is 4. The minimum absolute atomic E-state index is 0.447. The van der Waals surface area contributed by atoms with E-state index < -0.39 is 48.9 Å². The smallest absolute Gasteiger partial charge is 0.347 e. The van der Waals surface area contributed by atoms with Crippen LogP contribution < -0.4 is 4.72 Å². The molecule has 0 bridgehead atoms. The third-order valence-corrected chi connectivity index (χ3v) is 4.80. The lowest BCUT2D eigenvalue weighted by Gasteiger charge is -2.08. The first-order valence-corrected chi connectivity index (χ1v) is 7.57. The van der Waals surface area contributed by atoms with Crippen LogP contribution in [0.4, 0.5) is 18.9 Å². The Morgan fingerprint density at radius 2 is 1.76 bits per heavy atom. The quantitative estimate of drug-likeness (QED) is 0.840. The number of carboxylic acid groups (broad SMARTS) is 1. The van der Waals surface area contributed by atoms with Crippen LogP contribution in [0.15, 0.2) is 28.5 Å². The average Bonchev–Trinajstić information content (AvgIpc) is 2.85. The molecule has 5 nitrogen and oxygen atoms in total. The standard InChI is InChI=1S/C11H6F3NO4S2/c12-6-3-5(4-7(13)9(6)14)15-21(18,19)8-1-2-20-10(8)11(16)17/h1-4,15H,(H,16,17). The van der Waals surface area contributed by atoms with Crippen LogP contribution >= 0.6 is 11.3 Å². The number of halogens is 3. The molecule has 1 aromatic carbocycles. The van der Waals surface area contributed by atoms with Gasteiger partial charge in [-0.25, -0.2) is 26.4 Å². The fraction of sp³-hybridized carbons (Fsp3) is 0. The lowest BCUT2D eigenvalue weighted by Crippen LogP contribution is -2.15. The van der Waals surface area contributed by atoms with Crippen molar-refractivity contribution in [2.45, 2.75) is 4.90 Å². The molecule has 0 aliphatic carbocycles. The van der Waals surface area contributed by atoms with E-state index in [1.54, 1.807) is 4.72 Å². The molecule has 0 amide bonds. The number of hydrogen-bond donors (Lipinski definition) is 2. The first-order valence-electron chi connectivity index (χ1n) is 5.20. The van der Waals surface area contributed by atoms with Gasteiger partial charge in [0.15, 0.2) is 17.5 Å². The highest BCUT2D eigenvalue weighted by Gasteiger charge is 2.24. The number of carbonyl (C=O) groups is 1. The van der Waals surface area contributed by atoms with Crippen molar-refractivity contribution in [1.82, 2.24) is 0 Å². The largest absolute Gasteiger partial charge is 0.477 e. The van der Waals surface area contributed by atoms with E-state index in [1.165, 1.54) is 5.38 Å². The summed E-state index contributed by atoms with van der Waals surface area (Å²) < 4.78 is 64.6. The van der Waals surface area contributed by atoms with Crippen LogP contribution in [0, 0.1) is 17.5 Å². The van der Waals surface area contributed by atoms with E-state index in [9.17, 15) is 26.4 Å². The number of carboxylic acids is 1. The van der Waals surface area contributed by atoms with E-state index in [1.807, 2.05) is 0 Å². The van der Waals surface area contributed by atoms with Crippen LogP contribution in [0.1, 0.15) is 9.67 Å². The molecular formula is C11H6F3NO4S2. The Morgan fingerprint density at radius 3 is 2.29 bits per heavy atom. The van der Waals surface area contributed by atoms with E-state index in [0.717, 1.165) is 6.07 Å². The maximum atomic E-state index is 13.0. The molecule has 0 saturated heterocycles. The minimum Gasteiger partial charge on any atom is -0.477 e. The van der Waals surface area contributed by atoms with Crippen LogP contribution in [0.2, 0.25) is 0 Å². The lowest BCUT2D eigenvalue weighted by molar-refractivity contribution is 0.0698. The van der Waals surface area contributed by atoms with Crippen molar-refractivity contribution in [3.8, 4) is 0 Å². The van der Waals surface area contributed by atoms with Crippen LogP contribution in [-0.2, 0) is 10.0 Å². The van der Waals surface area contributed by atoms with Gasteiger partial charge in [0.1, 0.15) is 9.77 Å².